The van der Waals surface area contributed by atoms with Gasteiger partial charge in [-0.25, -0.2) is 0 Å². The molecule has 3 nitrogen and oxygen atoms in total. The van der Waals surface area contributed by atoms with Crippen molar-refractivity contribution in [3.63, 3.8) is 0 Å². The van der Waals surface area contributed by atoms with E-state index in [9.17, 15) is 0 Å². The first-order chi connectivity index (χ1) is 10.3. The number of nitrogens with one attached hydrogen (secondary N) is 1. The summed E-state index contributed by atoms with van der Waals surface area (Å²) in [6.07, 6.45) is 11.6. The van der Waals surface area contributed by atoms with Crippen molar-refractivity contribution >= 4 is 0 Å². The molecule has 0 aromatic rings. The molecule has 0 aromatic carbocycles. The highest BCUT2D eigenvalue weighted by atomic mass is 15.3. The number of piperazine rings is 1. The number of nitrogens with zero attached hydrogens (tertiary/aromatic N) is 2. The number of piperidine rings is 1. The summed E-state index contributed by atoms with van der Waals surface area (Å²) >= 11 is 0. The zero-order valence-electron chi connectivity index (χ0n) is 14.1. The summed E-state index contributed by atoms with van der Waals surface area (Å²) < 4.78 is 0. The van der Waals surface area contributed by atoms with Crippen molar-refractivity contribution in [2.45, 2.75) is 64.3 Å². The number of hydrogen-bond acceptors (Lipinski definition) is 3. The Morgan fingerprint density at radius 3 is 2.67 bits per heavy atom. The Labute approximate surface area is 131 Å². The van der Waals surface area contributed by atoms with Gasteiger partial charge in [0.15, 0.2) is 0 Å². The molecule has 3 rings (SSSR count). The van der Waals surface area contributed by atoms with Gasteiger partial charge in [0.05, 0.1) is 0 Å². The number of fused-ring (bicyclic) bond motifs is 1. The van der Waals surface area contributed by atoms with Crippen molar-refractivity contribution in [3.05, 3.63) is 0 Å². The highest BCUT2D eigenvalue weighted by Gasteiger charge is 2.36. The highest BCUT2D eigenvalue weighted by molar-refractivity contribution is 4.92. The van der Waals surface area contributed by atoms with Crippen LogP contribution in [0.15, 0.2) is 0 Å². The van der Waals surface area contributed by atoms with Crippen molar-refractivity contribution in [3.8, 4) is 0 Å². The summed E-state index contributed by atoms with van der Waals surface area (Å²) in [6, 6.07) is 0.868. The Morgan fingerprint density at radius 1 is 1.00 bits per heavy atom. The maximum atomic E-state index is 3.67. The van der Waals surface area contributed by atoms with Crippen LogP contribution >= 0.6 is 0 Å². The van der Waals surface area contributed by atoms with Crippen molar-refractivity contribution in [1.29, 1.82) is 0 Å². The maximum absolute atomic E-state index is 3.67. The average Bonchev–Trinajstić information content (AvgIpc) is 2.54. The first-order valence-corrected chi connectivity index (χ1v) is 9.48. The number of rotatable bonds is 5. The van der Waals surface area contributed by atoms with Crippen molar-refractivity contribution < 1.29 is 0 Å². The van der Waals surface area contributed by atoms with E-state index in [0.717, 1.165) is 12.6 Å². The van der Waals surface area contributed by atoms with E-state index in [4.69, 9.17) is 0 Å². The molecule has 3 fully saturated rings. The van der Waals surface area contributed by atoms with Gasteiger partial charge in [-0.1, -0.05) is 32.6 Å². The molecule has 0 amide bonds. The summed E-state index contributed by atoms with van der Waals surface area (Å²) in [6.45, 7) is 11.3. The molecule has 1 N–H and O–H groups in total. The van der Waals surface area contributed by atoms with Gasteiger partial charge in [-0.05, 0) is 44.2 Å². The second-order valence-electron chi connectivity index (χ2n) is 7.76. The molecule has 0 aromatic heterocycles. The summed E-state index contributed by atoms with van der Waals surface area (Å²) in [5.41, 5.74) is 0.575. The first kappa shape index (κ1) is 15.8. The maximum Gasteiger partial charge on any atom is 0.0223 e. The van der Waals surface area contributed by atoms with Crippen LogP contribution < -0.4 is 5.32 Å². The fourth-order valence-corrected chi connectivity index (χ4v) is 4.92. The lowest BCUT2D eigenvalue weighted by molar-refractivity contribution is 0.0160. The molecule has 1 atom stereocenters. The van der Waals surface area contributed by atoms with E-state index in [-0.39, 0.29) is 0 Å². The lowest BCUT2D eigenvalue weighted by Crippen LogP contribution is -2.57. The Morgan fingerprint density at radius 2 is 1.86 bits per heavy atom. The van der Waals surface area contributed by atoms with Gasteiger partial charge in [0, 0.05) is 38.8 Å². The molecule has 2 heterocycles. The lowest BCUT2D eigenvalue weighted by atomic mass is 9.73. The largest absolute Gasteiger partial charge is 0.316 e. The molecule has 0 spiro atoms. The van der Waals surface area contributed by atoms with Gasteiger partial charge < -0.3 is 5.32 Å². The summed E-state index contributed by atoms with van der Waals surface area (Å²) in [7, 11) is 0. The summed E-state index contributed by atoms with van der Waals surface area (Å²) in [5.74, 6) is 0. The standard InChI is InChI=1S/C18H35N3/c1-2-19-15-18(9-5-3-6-10-18)16-20-12-13-21-11-7-4-8-17(21)14-20/h17,19H,2-16H2,1H3. The van der Waals surface area contributed by atoms with Gasteiger partial charge >= 0.3 is 0 Å². The highest BCUT2D eigenvalue weighted by Crippen LogP contribution is 2.37. The van der Waals surface area contributed by atoms with E-state index in [1.807, 2.05) is 0 Å². The minimum absolute atomic E-state index is 0.575. The average molecular weight is 293 g/mol. The van der Waals surface area contributed by atoms with Crippen LogP contribution in [0.5, 0.6) is 0 Å². The molecule has 122 valence electrons. The van der Waals surface area contributed by atoms with Crippen LogP contribution in [0.1, 0.15) is 58.3 Å². The third-order valence-corrected chi connectivity index (χ3v) is 6.14. The van der Waals surface area contributed by atoms with Gasteiger partial charge in [0.25, 0.3) is 0 Å². The zero-order valence-corrected chi connectivity index (χ0v) is 14.1. The van der Waals surface area contributed by atoms with E-state index >= 15 is 0 Å². The minimum Gasteiger partial charge on any atom is -0.316 e. The van der Waals surface area contributed by atoms with Gasteiger partial charge in [-0.2, -0.15) is 0 Å². The zero-order chi connectivity index (χ0) is 14.5. The fourth-order valence-electron chi connectivity index (χ4n) is 4.92. The topological polar surface area (TPSA) is 18.5 Å². The molecule has 0 bridgehead atoms. The molecule has 1 aliphatic carbocycles. The van der Waals surface area contributed by atoms with Crippen LogP contribution in [0, 0.1) is 5.41 Å². The monoisotopic (exact) mass is 293 g/mol. The summed E-state index contributed by atoms with van der Waals surface area (Å²) in [5, 5.41) is 3.67. The van der Waals surface area contributed by atoms with E-state index in [0.29, 0.717) is 5.41 Å². The van der Waals surface area contributed by atoms with E-state index < -0.39 is 0 Å². The first-order valence-electron chi connectivity index (χ1n) is 9.48. The SMILES string of the molecule is CCNCC1(CN2CCN3CCCCC3C2)CCCCC1. The lowest BCUT2D eigenvalue weighted by Gasteiger charge is -2.48. The molecule has 3 heteroatoms. The third-order valence-electron chi connectivity index (χ3n) is 6.14. The molecule has 0 radical (unpaired) electrons. The number of hydrogen-bond donors (Lipinski definition) is 1. The summed E-state index contributed by atoms with van der Waals surface area (Å²) in [4.78, 5) is 5.58. The molecular weight excluding hydrogens is 258 g/mol. The van der Waals surface area contributed by atoms with E-state index in [2.05, 4.69) is 22.0 Å². The van der Waals surface area contributed by atoms with E-state index in [1.54, 1.807) is 0 Å². The quantitative estimate of drug-likeness (QED) is 0.841. The molecule has 1 unspecified atom stereocenters. The van der Waals surface area contributed by atoms with Crippen LogP contribution in [0.4, 0.5) is 0 Å². The van der Waals surface area contributed by atoms with Crippen LogP contribution in [-0.2, 0) is 0 Å². The van der Waals surface area contributed by atoms with Gasteiger partial charge in [-0.15, -0.1) is 0 Å². The third kappa shape index (κ3) is 4.00. The smallest absolute Gasteiger partial charge is 0.0223 e. The normalized spacial score (nSPS) is 31.0. The molecular formula is C18H35N3. The Hall–Kier alpha value is -0.120. The fraction of sp³-hybridized carbons (Fsp3) is 1.00. The Kier molecular flexibility index (Phi) is 5.58. The Balaban J connectivity index is 1.57. The predicted molar refractivity (Wildman–Crippen MR) is 89.7 cm³/mol. The van der Waals surface area contributed by atoms with Gasteiger partial charge in [-0.3, -0.25) is 9.80 Å². The van der Waals surface area contributed by atoms with Crippen LogP contribution in [0.3, 0.4) is 0 Å². The molecule has 1 saturated carbocycles. The Bertz CT molecular complexity index is 312. The van der Waals surface area contributed by atoms with Crippen LogP contribution in [0.25, 0.3) is 0 Å². The molecule has 2 saturated heterocycles. The minimum atomic E-state index is 0.575. The van der Waals surface area contributed by atoms with Crippen LogP contribution in [0.2, 0.25) is 0 Å². The molecule has 3 aliphatic rings. The second-order valence-corrected chi connectivity index (χ2v) is 7.76. The van der Waals surface area contributed by atoms with Crippen LogP contribution in [-0.4, -0.2) is 61.7 Å². The van der Waals surface area contributed by atoms with Crippen molar-refractivity contribution in [2.24, 2.45) is 5.41 Å². The van der Waals surface area contributed by atoms with Crippen molar-refractivity contribution in [1.82, 2.24) is 15.1 Å². The van der Waals surface area contributed by atoms with Gasteiger partial charge in [0.2, 0.25) is 0 Å². The second kappa shape index (κ2) is 7.43. The molecule has 2 aliphatic heterocycles. The van der Waals surface area contributed by atoms with Crippen molar-refractivity contribution in [2.75, 3.05) is 45.8 Å². The van der Waals surface area contributed by atoms with Gasteiger partial charge in [0.1, 0.15) is 0 Å². The van der Waals surface area contributed by atoms with E-state index in [1.165, 1.54) is 90.6 Å². The predicted octanol–water partition coefficient (Wildman–Crippen LogP) is 2.72. The molecule has 21 heavy (non-hydrogen) atoms.